The van der Waals surface area contributed by atoms with E-state index in [2.05, 4.69) is 12.2 Å². The van der Waals surface area contributed by atoms with Gasteiger partial charge in [-0.3, -0.25) is 0 Å². The van der Waals surface area contributed by atoms with Crippen molar-refractivity contribution in [2.75, 3.05) is 12.3 Å². The number of rotatable bonds is 8. The van der Waals surface area contributed by atoms with Crippen LogP contribution in [0, 0.1) is 5.92 Å². The number of hydrogen-bond acceptors (Lipinski definition) is 3. The van der Waals surface area contributed by atoms with Crippen LogP contribution in [0.2, 0.25) is 0 Å². The molecule has 1 saturated carbocycles. The third-order valence-corrected chi connectivity index (χ3v) is 5.61. The topological polar surface area (TPSA) is 46.2 Å². The van der Waals surface area contributed by atoms with Gasteiger partial charge >= 0.3 is 0 Å². The summed E-state index contributed by atoms with van der Waals surface area (Å²) < 4.78 is 23.3. The Labute approximate surface area is 99.9 Å². The standard InChI is InChI=1S/C12H25NO2S/c1-4-13-12(11-7-8-11)6-5-9-16(14,15)10(2)3/h10-13H,4-9H2,1-3H3. The van der Waals surface area contributed by atoms with Crippen molar-refractivity contribution >= 4 is 9.84 Å². The summed E-state index contributed by atoms with van der Waals surface area (Å²) in [5, 5.41) is 3.23. The van der Waals surface area contributed by atoms with Gasteiger partial charge in [-0.15, -0.1) is 0 Å². The lowest BCUT2D eigenvalue weighted by Gasteiger charge is -2.17. The van der Waals surface area contributed by atoms with E-state index in [-0.39, 0.29) is 5.25 Å². The van der Waals surface area contributed by atoms with E-state index in [4.69, 9.17) is 0 Å². The van der Waals surface area contributed by atoms with Gasteiger partial charge in [-0.1, -0.05) is 6.92 Å². The van der Waals surface area contributed by atoms with E-state index in [1.165, 1.54) is 12.8 Å². The van der Waals surface area contributed by atoms with E-state index in [9.17, 15) is 8.42 Å². The molecule has 1 rings (SSSR count). The summed E-state index contributed by atoms with van der Waals surface area (Å²) in [5.41, 5.74) is 0. The lowest BCUT2D eigenvalue weighted by atomic mass is 10.1. The predicted octanol–water partition coefficient (Wildman–Crippen LogP) is 1.98. The van der Waals surface area contributed by atoms with Crippen molar-refractivity contribution in [3.8, 4) is 0 Å². The minimum absolute atomic E-state index is 0.231. The van der Waals surface area contributed by atoms with Crippen molar-refractivity contribution in [2.45, 2.75) is 57.7 Å². The van der Waals surface area contributed by atoms with Gasteiger partial charge in [0.1, 0.15) is 0 Å². The van der Waals surface area contributed by atoms with Crippen LogP contribution in [0.3, 0.4) is 0 Å². The van der Waals surface area contributed by atoms with Crippen LogP contribution in [0.5, 0.6) is 0 Å². The minimum Gasteiger partial charge on any atom is -0.314 e. The molecule has 0 bridgehead atoms. The summed E-state index contributed by atoms with van der Waals surface area (Å²) in [5.74, 6) is 1.15. The van der Waals surface area contributed by atoms with Crippen LogP contribution in [0.4, 0.5) is 0 Å². The molecule has 0 radical (unpaired) electrons. The summed E-state index contributed by atoms with van der Waals surface area (Å²) in [6.45, 7) is 6.62. The zero-order chi connectivity index (χ0) is 12.2. The lowest BCUT2D eigenvalue weighted by Crippen LogP contribution is -2.31. The molecule has 16 heavy (non-hydrogen) atoms. The van der Waals surface area contributed by atoms with E-state index in [0.717, 1.165) is 25.3 Å². The normalized spacial score (nSPS) is 19.0. The molecule has 0 heterocycles. The Kier molecular flexibility index (Phi) is 5.25. The van der Waals surface area contributed by atoms with Crippen molar-refractivity contribution < 1.29 is 8.42 Å². The molecule has 1 fully saturated rings. The fourth-order valence-corrected chi connectivity index (χ4v) is 3.05. The second-order valence-corrected chi connectivity index (χ2v) is 7.74. The summed E-state index contributed by atoms with van der Waals surface area (Å²) in [6.07, 6.45) is 4.43. The van der Waals surface area contributed by atoms with Crippen molar-refractivity contribution in [1.82, 2.24) is 5.32 Å². The minimum atomic E-state index is -2.84. The van der Waals surface area contributed by atoms with Crippen LogP contribution in [-0.2, 0) is 9.84 Å². The maximum atomic E-state index is 11.6. The van der Waals surface area contributed by atoms with E-state index in [1.807, 2.05) is 0 Å². The quantitative estimate of drug-likeness (QED) is 0.713. The van der Waals surface area contributed by atoms with Gasteiger partial charge in [0, 0.05) is 6.04 Å². The van der Waals surface area contributed by atoms with E-state index >= 15 is 0 Å². The summed E-state index contributed by atoms with van der Waals surface area (Å²) in [4.78, 5) is 0. The molecule has 1 aliphatic rings. The van der Waals surface area contributed by atoms with Crippen LogP contribution in [0.15, 0.2) is 0 Å². The Morgan fingerprint density at radius 3 is 2.38 bits per heavy atom. The summed E-state index contributed by atoms with van der Waals surface area (Å²) >= 11 is 0. The molecule has 1 atom stereocenters. The first-order valence-electron chi connectivity index (χ1n) is 6.42. The Bertz CT molecular complexity index is 294. The van der Waals surface area contributed by atoms with Gasteiger partial charge in [0.15, 0.2) is 9.84 Å². The zero-order valence-corrected chi connectivity index (χ0v) is 11.5. The molecule has 1 aliphatic carbocycles. The van der Waals surface area contributed by atoms with E-state index < -0.39 is 9.84 Å². The van der Waals surface area contributed by atoms with Gasteiger partial charge in [0.05, 0.1) is 11.0 Å². The molecule has 3 nitrogen and oxygen atoms in total. The van der Waals surface area contributed by atoms with Crippen molar-refractivity contribution in [3.05, 3.63) is 0 Å². The molecule has 4 heteroatoms. The van der Waals surface area contributed by atoms with Crippen molar-refractivity contribution in [3.63, 3.8) is 0 Å². The first kappa shape index (κ1) is 14.0. The van der Waals surface area contributed by atoms with Gasteiger partial charge in [0.25, 0.3) is 0 Å². The third-order valence-electron chi connectivity index (χ3n) is 3.32. The van der Waals surface area contributed by atoms with E-state index in [0.29, 0.717) is 11.8 Å². The fraction of sp³-hybridized carbons (Fsp3) is 1.00. The largest absolute Gasteiger partial charge is 0.314 e. The van der Waals surface area contributed by atoms with Crippen LogP contribution < -0.4 is 5.32 Å². The molecule has 0 aromatic carbocycles. The molecule has 0 aromatic heterocycles. The molecule has 0 amide bonds. The van der Waals surface area contributed by atoms with Crippen LogP contribution >= 0.6 is 0 Å². The first-order valence-corrected chi connectivity index (χ1v) is 8.14. The molecule has 1 N–H and O–H groups in total. The second-order valence-electron chi connectivity index (χ2n) is 5.06. The number of hydrogen-bond donors (Lipinski definition) is 1. The molecular weight excluding hydrogens is 222 g/mol. The van der Waals surface area contributed by atoms with Crippen LogP contribution in [0.25, 0.3) is 0 Å². The molecule has 0 spiro atoms. The van der Waals surface area contributed by atoms with Gasteiger partial charge in [-0.25, -0.2) is 8.42 Å². The molecule has 0 saturated heterocycles. The number of sulfone groups is 1. The van der Waals surface area contributed by atoms with Crippen molar-refractivity contribution in [1.29, 1.82) is 0 Å². The highest BCUT2D eigenvalue weighted by Crippen LogP contribution is 2.34. The Morgan fingerprint density at radius 2 is 1.94 bits per heavy atom. The molecular formula is C12H25NO2S. The lowest BCUT2D eigenvalue weighted by molar-refractivity contribution is 0.441. The monoisotopic (exact) mass is 247 g/mol. The Balaban J connectivity index is 2.27. The molecule has 0 aromatic rings. The highest BCUT2D eigenvalue weighted by atomic mass is 32.2. The number of nitrogens with one attached hydrogen (secondary N) is 1. The van der Waals surface area contributed by atoms with Crippen LogP contribution in [0.1, 0.15) is 46.5 Å². The van der Waals surface area contributed by atoms with Gasteiger partial charge in [0.2, 0.25) is 0 Å². The summed E-state index contributed by atoms with van der Waals surface area (Å²) in [7, 11) is -2.84. The average molecular weight is 247 g/mol. The van der Waals surface area contributed by atoms with Gasteiger partial charge < -0.3 is 5.32 Å². The Morgan fingerprint density at radius 1 is 1.31 bits per heavy atom. The molecule has 96 valence electrons. The second kappa shape index (κ2) is 6.01. The average Bonchev–Trinajstić information content (AvgIpc) is 2.99. The van der Waals surface area contributed by atoms with Crippen molar-refractivity contribution in [2.24, 2.45) is 5.92 Å². The smallest absolute Gasteiger partial charge is 0.152 e. The van der Waals surface area contributed by atoms with Gasteiger partial charge in [-0.2, -0.15) is 0 Å². The SMILES string of the molecule is CCNC(CCCS(=O)(=O)C(C)C)C1CC1. The van der Waals surface area contributed by atoms with Crippen LogP contribution in [-0.4, -0.2) is 32.0 Å². The molecule has 0 aliphatic heterocycles. The molecule has 1 unspecified atom stereocenters. The summed E-state index contributed by atoms with van der Waals surface area (Å²) in [6, 6.07) is 0.548. The first-order chi connectivity index (χ1) is 7.47. The van der Waals surface area contributed by atoms with Gasteiger partial charge in [-0.05, 0) is 52.0 Å². The zero-order valence-electron chi connectivity index (χ0n) is 10.7. The van der Waals surface area contributed by atoms with E-state index in [1.54, 1.807) is 13.8 Å². The predicted molar refractivity (Wildman–Crippen MR) is 68.3 cm³/mol. The Hall–Kier alpha value is -0.0900. The third kappa shape index (κ3) is 4.42. The maximum absolute atomic E-state index is 11.6. The highest BCUT2D eigenvalue weighted by molar-refractivity contribution is 7.91. The highest BCUT2D eigenvalue weighted by Gasteiger charge is 2.30. The maximum Gasteiger partial charge on any atom is 0.152 e. The fourth-order valence-electron chi connectivity index (χ4n) is 2.01.